The highest BCUT2D eigenvalue weighted by Gasteiger charge is 2.14. The number of thiophene rings is 1. The first-order chi connectivity index (χ1) is 5.13. The van der Waals surface area contributed by atoms with Crippen LogP contribution in [0.2, 0.25) is 0 Å². The third-order valence-corrected chi connectivity index (χ3v) is 2.59. The lowest BCUT2D eigenvalue weighted by molar-refractivity contribution is -0.119. The van der Waals surface area contributed by atoms with Crippen molar-refractivity contribution in [2.24, 2.45) is 11.5 Å². The molecule has 1 atom stereocenters. The lowest BCUT2D eigenvalue weighted by atomic mass is 10.2. The van der Waals surface area contributed by atoms with Crippen LogP contribution in [0.15, 0.2) is 11.4 Å². The topological polar surface area (TPSA) is 69.1 Å². The second-order valence-electron chi connectivity index (χ2n) is 2.35. The zero-order valence-electron chi connectivity index (χ0n) is 6.20. The fourth-order valence-corrected chi connectivity index (χ4v) is 1.77. The standard InChI is InChI=1S/C7H10N2OS/c1-4-2-3-11-6(4)5(8)7(9)10/h2-3,5H,8H2,1H3,(H2,9,10)/t5-/m1/s1. The van der Waals surface area contributed by atoms with Crippen molar-refractivity contribution in [1.29, 1.82) is 0 Å². The molecule has 3 nitrogen and oxygen atoms in total. The van der Waals surface area contributed by atoms with Crippen LogP contribution in [0.3, 0.4) is 0 Å². The van der Waals surface area contributed by atoms with E-state index in [1.807, 2.05) is 18.4 Å². The molecule has 0 saturated carbocycles. The van der Waals surface area contributed by atoms with Crippen LogP contribution in [-0.4, -0.2) is 5.91 Å². The van der Waals surface area contributed by atoms with Gasteiger partial charge in [-0.1, -0.05) is 0 Å². The fraction of sp³-hybridized carbons (Fsp3) is 0.286. The van der Waals surface area contributed by atoms with Gasteiger partial charge in [-0.2, -0.15) is 0 Å². The van der Waals surface area contributed by atoms with Crippen molar-refractivity contribution in [3.63, 3.8) is 0 Å². The average Bonchev–Trinajstić information content (AvgIpc) is 2.33. The highest BCUT2D eigenvalue weighted by atomic mass is 32.1. The van der Waals surface area contributed by atoms with Crippen molar-refractivity contribution in [3.05, 3.63) is 21.9 Å². The van der Waals surface area contributed by atoms with Crippen LogP contribution in [0.1, 0.15) is 16.5 Å². The highest BCUT2D eigenvalue weighted by molar-refractivity contribution is 7.10. The number of hydrogen-bond acceptors (Lipinski definition) is 3. The Morgan fingerprint density at radius 2 is 2.36 bits per heavy atom. The molecule has 60 valence electrons. The van der Waals surface area contributed by atoms with Gasteiger partial charge < -0.3 is 11.5 Å². The Morgan fingerprint density at radius 1 is 1.73 bits per heavy atom. The molecule has 11 heavy (non-hydrogen) atoms. The van der Waals surface area contributed by atoms with Gasteiger partial charge in [0.2, 0.25) is 5.91 Å². The van der Waals surface area contributed by atoms with Crippen LogP contribution in [0, 0.1) is 6.92 Å². The molecule has 1 aromatic rings. The third-order valence-electron chi connectivity index (χ3n) is 1.49. The van der Waals surface area contributed by atoms with Crippen LogP contribution in [0.4, 0.5) is 0 Å². The van der Waals surface area contributed by atoms with Crippen LogP contribution >= 0.6 is 11.3 Å². The minimum Gasteiger partial charge on any atom is -0.368 e. The average molecular weight is 170 g/mol. The maximum absolute atomic E-state index is 10.7. The van der Waals surface area contributed by atoms with Crippen LogP contribution < -0.4 is 11.5 Å². The predicted molar refractivity (Wildman–Crippen MR) is 45.2 cm³/mol. The first kappa shape index (κ1) is 8.23. The van der Waals surface area contributed by atoms with Gasteiger partial charge in [-0.05, 0) is 23.9 Å². The SMILES string of the molecule is Cc1ccsc1[C@@H](N)C(N)=O. The number of carbonyl (C=O) groups excluding carboxylic acids is 1. The molecule has 0 spiro atoms. The minimum absolute atomic E-state index is 0.476. The van der Waals surface area contributed by atoms with Gasteiger partial charge in [0.1, 0.15) is 6.04 Å². The number of primary amides is 1. The van der Waals surface area contributed by atoms with E-state index in [1.54, 1.807) is 0 Å². The predicted octanol–water partition coefficient (Wildman–Crippen LogP) is 0.542. The van der Waals surface area contributed by atoms with E-state index in [4.69, 9.17) is 11.5 Å². The van der Waals surface area contributed by atoms with Crippen molar-refractivity contribution in [2.75, 3.05) is 0 Å². The molecule has 1 amide bonds. The molecule has 1 rings (SSSR count). The van der Waals surface area contributed by atoms with Gasteiger partial charge in [0.25, 0.3) is 0 Å². The summed E-state index contributed by atoms with van der Waals surface area (Å²) in [5.41, 5.74) is 11.6. The monoisotopic (exact) mass is 170 g/mol. The minimum atomic E-state index is -0.644. The normalized spacial score (nSPS) is 12.9. The van der Waals surface area contributed by atoms with Gasteiger partial charge >= 0.3 is 0 Å². The molecule has 0 bridgehead atoms. The van der Waals surface area contributed by atoms with Crippen LogP contribution in [0.5, 0.6) is 0 Å². The van der Waals surface area contributed by atoms with E-state index in [9.17, 15) is 4.79 Å². The van der Waals surface area contributed by atoms with Crippen molar-refractivity contribution in [3.8, 4) is 0 Å². The van der Waals surface area contributed by atoms with E-state index in [0.29, 0.717) is 0 Å². The second-order valence-corrected chi connectivity index (χ2v) is 3.30. The summed E-state index contributed by atoms with van der Waals surface area (Å²) in [6.45, 7) is 1.91. The van der Waals surface area contributed by atoms with Crippen LogP contribution in [-0.2, 0) is 4.79 Å². The van der Waals surface area contributed by atoms with Gasteiger partial charge in [-0.15, -0.1) is 11.3 Å². The Hall–Kier alpha value is -0.870. The lowest BCUT2D eigenvalue weighted by Crippen LogP contribution is -2.27. The number of hydrogen-bond donors (Lipinski definition) is 2. The largest absolute Gasteiger partial charge is 0.368 e. The summed E-state index contributed by atoms with van der Waals surface area (Å²) >= 11 is 1.46. The summed E-state index contributed by atoms with van der Waals surface area (Å²) in [5, 5.41) is 1.90. The number of carbonyl (C=O) groups is 1. The van der Waals surface area contributed by atoms with E-state index < -0.39 is 11.9 Å². The molecule has 0 aromatic carbocycles. The first-order valence-corrected chi connectivity index (χ1v) is 4.09. The molecule has 0 fully saturated rings. The van der Waals surface area contributed by atoms with Crippen molar-refractivity contribution >= 4 is 17.2 Å². The maximum Gasteiger partial charge on any atom is 0.239 e. The lowest BCUT2D eigenvalue weighted by Gasteiger charge is -2.04. The quantitative estimate of drug-likeness (QED) is 0.680. The molecule has 4 heteroatoms. The molecule has 0 radical (unpaired) electrons. The van der Waals surface area contributed by atoms with Gasteiger partial charge in [-0.3, -0.25) is 4.79 Å². The number of aryl methyl sites for hydroxylation is 1. The molecule has 0 aliphatic heterocycles. The van der Waals surface area contributed by atoms with E-state index >= 15 is 0 Å². The Labute approximate surface area is 69.0 Å². The smallest absolute Gasteiger partial charge is 0.239 e. The van der Waals surface area contributed by atoms with Crippen LogP contribution in [0.25, 0.3) is 0 Å². The van der Waals surface area contributed by atoms with Gasteiger partial charge in [-0.25, -0.2) is 0 Å². The summed E-state index contributed by atoms with van der Waals surface area (Å²) in [5.74, 6) is -0.476. The van der Waals surface area contributed by atoms with Crippen molar-refractivity contribution in [1.82, 2.24) is 0 Å². The Kier molecular flexibility index (Phi) is 2.26. The van der Waals surface area contributed by atoms with E-state index in [1.165, 1.54) is 11.3 Å². The molecule has 0 saturated heterocycles. The highest BCUT2D eigenvalue weighted by Crippen LogP contribution is 2.21. The second kappa shape index (κ2) is 3.02. The number of nitrogens with two attached hydrogens (primary N) is 2. The van der Waals surface area contributed by atoms with E-state index in [0.717, 1.165) is 10.4 Å². The van der Waals surface area contributed by atoms with E-state index in [-0.39, 0.29) is 0 Å². The van der Waals surface area contributed by atoms with Gasteiger partial charge in [0.15, 0.2) is 0 Å². The number of amides is 1. The van der Waals surface area contributed by atoms with E-state index in [2.05, 4.69) is 0 Å². The molecule has 1 aromatic heterocycles. The third kappa shape index (κ3) is 1.58. The first-order valence-electron chi connectivity index (χ1n) is 3.22. The molecule has 0 unspecified atom stereocenters. The van der Waals surface area contributed by atoms with Gasteiger partial charge in [0.05, 0.1) is 0 Å². The summed E-state index contributed by atoms with van der Waals surface area (Å²) in [4.78, 5) is 11.5. The maximum atomic E-state index is 10.7. The molecular formula is C7H10N2OS. The zero-order chi connectivity index (χ0) is 8.43. The Morgan fingerprint density at radius 3 is 2.73 bits per heavy atom. The Balaban J connectivity index is 2.92. The number of rotatable bonds is 2. The zero-order valence-corrected chi connectivity index (χ0v) is 7.02. The fourth-order valence-electron chi connectivity index (χ4n) is 0.832. The Bertz CT molecular complexity index is 269. The van der Waals surface area contributed by atoms with Gasteiger partial charge in [0, 0.05) is 4.88 Å². The molecule has 0 aliphatic carbocycles. The summed E-state index contributed by atoms with van der Waals surface area (Å²) < 4.78 is 0. The molecule has 4 N–H and O–H groups in total. The summed E-state index contributed by atoms with van der Waals surface area (Å²) in [6, 6.07) is 1.28. The molecule has 0 aliphatic rings. The summed E-state index contributed by atoms with van der Waals surface area (Å²) in [6.07, 6.45) is 0. The summed E-state index contributed by atoms with van der Waals surface area (Å²) in [7, 11) is 0. The van der Waals surface area contributed by atoms with Crippen molar-refractivity contribution in [2.45, 2.75) is 13.0 Å². The molecule has 1 heterocycles. The molecular weight excluding hydrogens is 160 g/mol. The van der Waals surface area contributed by atoms with Crippen molar-refractivity contribution < 1.29 is 4.79 Å².